The summed E-state index contributed by atoms with van der Waals surface area (Å²) in [5.41, 5.74) is 0.380. The lowest BCUT2D eigenvalue weighted by Gasteiger charge is -2.30. The van der Waals surface area contributed by atoms with Gasteiger partial charge in [0.1, 0.15) is 0 Å². The van der Waals surface area contributed by atoms with Gasteiger partial charge in [-0.3, -0.25) is 14.5 Å². The van der Waals surface area contributed by atoms with Crippen molar-refractivity contribution < 1.29 is 14.3 Å². The normalized spacial score (nSPS) is 16.1. The molecule has 1 saturated heterocycles. The molecule has 0 spiro atoms. The van der Waals surface area contributed by atoms with Crippen molar-refractivity contribution in [2.24, 2.45) is 0 Å². The maximum absolute atomic E-state index is 12.8. The highest BCUT2D eigenvalue weighted by molar-refractivity contribution is 6.33. The molecule has 5 nitrogen and oxygen atoms in total. The summed E-state index contributed by atoms with van der Waals surface area (Å²) in [5, 5.41) is 3.17. The van der Waals surface area contributed by atoms with Crippen LogP contribution in [0.25, 0.3) is 0 Å². The van der Waals surface area contributed by atoms with E-state index >= 15 is 0 Å². The molecule has 2 aromatic carbocycles. The van der Waals surface area contributed by atoms with Crippen molar-refractivity contribution in [2.75, 3.05) is 31.6 Å². The number of carbonyl (C=O) groups is 2. The average molecular weight is 393 g/mol. The van der Waals surface area contributed by atoms with E-state index in [4.69, 9.17) is 27.9 Å². The first kappa shape index (κ1) is 18.9. The second-order valence-corrected chi connectivity index (χ2v) is 6.71. The van der Waals surface area contributed by atoms with Gasteiger partial charge in [-0.15, -0.1) is 0 Å². The van der Waals surface area contributed by atoms with Crippen molar-refractivity contribution in [2.45, 2.75) is 5.50 Å². The Labute approximate surface area is 161 Å². The Hall–Kier alpha value is -1.92. The molecule has 0 aliphatic carbocycles. The van der Waals surface area contributed by atoms with E-state index in [1.54, 1.807) is 42.5 Å². The van der Waals surface area contributed by atoms with Crippen LogP contribution in [0, 0.1) is 0 Å². The number of rotatable bonds is 5. The maximum Gasteiger partial charge on any atom is 0.257 e. The molecule has 0 saturated carbocycles. The molecule has 1 aliphatic heterocycles. The van der Waals surface area contributed by atoms with E-state index in [0.29, 0.717) is 48.1 Å². The molecular formula is C19H18Cl2N2O3. The summed E-state index contributed by atoms with van der Waals surface area (Å²) in [7, 11) is 0. The van der Waals surface area contributed by atoms with Crippen molar-refractivity contribution >= 4 is 40.6 Å². The van der Waals surface area contributed by atoms with Crippen LogP contribution in [-0.2, 0) is 9.53 Å². The molecule has 26 heavy (non-hydrogen) atoms. The van der Waals surface area contributed by atoms with E-state index in [0.717, 1.165) is 0 Å². The largest absolute Gasteiger partial charge is 0.379 e. The van der Waals surface area contributed by atoms with Crippen LogP contribution in [0.3, 0.4) is 0 Å². The van der Waals surface area contributed by atoms with Gasteiger partial charge in [0, 0.05) is 29.2 Å². The van der Waals surface area contributed by atoms with Gasteiger partial charge < -0.3 is 10.1 Å². The van der Waals surface area contributed by atoms with Crippen LogP contribution in [-0.4, -0.2) is 48.4 Å². The molecule has 1 atom stereocenters. The summed E-state index contributed by atoms with van der Waals surface area (Å²) in [6.45, 7) is 2.24. The Morgan fingerprint density at radius 2 is 1.77 bits per heavy atom. The Morgan fingerprint density at radius 3 is 2.46 bits per heavy atom. The molecule has 7 heteroatoms. The van der Waals surface area contributed by atoms with Gasteiger partial charge in [0.15, 0.2) is 11.3 Å². The molecule has 1 heterocycles. The zero-order chi connectivity index (χ0) is 18.5. The number of nitrogens with zero attached hydrogens (tertiary/aromatic N) is 1. The molecular weight excluding hydrogens is 375 g/mol. The van der Waals surface area contributed by atoms with Gasteiger partial charge in [-0.2, -0.15) is 0 Å². The van der Waals surface area contributed by atoms with Crippen LogP contribution in [0.2, 0.25) is 5.02 Å². The number of nitrogens with one attached hydrogen (secondary N) is 1. The Balaban J connectivity index is 1.81. The summed E-state index contributed by atoms with van der Waals surface area (Å²) >= 11 is 12.3. The van der Waals surface area contributed by atoms with E-state index in [1.807, 2.05) is 11.0 Å². The monoisotopic (exact) mass is 392 g/mol. The molecule has 1 fully saturated rings. The van der Waals surface area contributed by atoms with Crippen molar-refractivity contribution in [3.05, 3.63) is 64.7 Å². The topological polar surface area (TPSA) is 58.6 Å². The highest BCUT2D eigenvalue weighted by Gasteiger charge is 2.26. The molecule has 1 N–H and O–H groups in total. The SMILES string of the molecule is O=C(c1ccccc1)c1cc(Cl)ccc1NC(=O)C(Cl)N1CCOCC1. The van der Waals surface area contributed by atoms with Gasteiger partial charge in [0.05, 0.1) is 18.9 Å². The van der Waals surface area contributed by atoms with Crippen LogP contribution >= 0.6 is 23.2 Å². The van der Waals surface area contributed by atoms with Gasteiger partial charge in [-0.1, -0.05) is 53.5 Å². The van der Waals surface area contributed by atoms with Gasteiger partial charge >= 0.3 is 0 Å². The summed E-state index contributed by atoms with van der Waals surface area (Å²) in [6.07, 6.45) is 0. The first-order valence-corrected chi connectivity index (χ1v) is 9.04. The molecule has 1 amide bonds. The van der Waals surface area contributed by atoms with Crippen molar-refractivity contribution in [1.29, 1.82) is 0 Å². The van der Waals surface area contributed by atoms with Crippen molar-refractivity contribution in [1.82, 2.24) is 4.90 Å². The molecule has 136 valence electrons. The van der Waals surface area contributed by atoms with Crippen LogP contribution < -0.4 is 5.32 Å². The fraction of sp³-hybridized carbons (Fsp3) is 0.263. The quantitative estimate of drug-likeness (QED) is 0.481. The third-order valence-corrected chi connectivity index (χ3v) is 4.81. The molecule has 1 aliphatic rings. The number of hydrogen-bond donors (Lipinski definition) is 1. The maximum atomic E-state index is 12.8. The average Bonchev–Trinajstić information content (AvgIpc) is 2.69. The number of amides is 1. The number of morpholine rings is 1. The molecule has 2 aromatic rings. The summed E-state index contributed by atoms with van der Waals surface area (Å²) < 4.78 is 5.27. The predicted octanol–water partition coefficient (Wildman–Crippen LogP) is 3.41. The lowest BCUT2D eigenvalue weighted by Crippen LogP contribution is -2.46. The number of ketones is 1. The molecule has 1 unspecified atom stereocenters. The molecule has 0 bridgehead atoms. The number of carbonyl (C=O) groups excluding carboxylic acids is 2. The van der Waals surface area contributed by atoms with Crippen LogP contribution in [0.15, 0.2) is 48.5 Å². The van der Waals surface area contributed by atoms with Crippen molar-refractivity contribution in [3.8, 4) is 0 Å². The van der Waals surface area contributed by atoms with E-state index in [1.165, 1.54) is 0 Å². The predicted molar refractivity (Wildman–Crippen MR) is 102 cm³/mol. The van der Waals surface area contributed by atoms with E-state index in [-0.39, 0.29) is 5.78 Å². The fourth-order valence-electron chi connectivity index (χ4n) is 2.72. The van der Waals surface area contributed by atoms with Crippen LogP contribution in [0.5, 0.6) is 0 Å². The first-order valence-electron chi connectivity index (χ1n) is 8.22. The lowest BCUT2D eigenvalue weighted by molar-refractivity contribution is -0.119. The minimum absolute atomic E-state index is 0.221. The van der Waals surface area contributed by atoms with E-state index in [2.05, 4.69) is 5.32 Å². The summed E-state index contributed by atoms with van der Waals surface area (Å²) in [5.74, 6) is -0.612. The second-order valence-electron chi connectivity index (χ2n) is 5.86. The van der Waals surface area contributed by atoms with Crippen LogP contribution in [0.1, 0.15) is 15.9 Å². The van der Waals surface area contributed by atoms with Gasteiger partial charge in [0.2, 0.25) is 0 Å². The number of alkyl halides is 1. The van der Waals surface area contributed by atoms with Gasteiger partial charge in [-0.05, 0) is 18.2 Å². The van der Waals surface area contributed by atoms with Gasteiger partial charge in [-0.25, -0.2) is 0 Å². The second kappa shape index (κ2) is 8.64. The number of benzene rings is 2. The number of halogens is 2. The third-order valence-electron chi connectivity index (χ3n) is 4.10. The molecule has 0 aromatic heterocycles. The van der Waals surface area contributed by atoms with E-state index in [9.17, 15) is 9.59 Å². The molecule has 3 rings (SSSR count). The zero-order valence-electron chi connectivity index (χ0n) is 14.0. The lowest BCUT2D eigenvalue weighted by atomic mass is 10.0. The van der Waals surface area contributed by atoms with Crippen molar-refractivity contribution in [3.63, 3.8) is 0 Å². The minimum Gasteiger partial charge on any atom is -0.379 e. The number of hydrogen-bond acceptors (Lipinski definition) is 4. The van der Waals surface area contributed by atoms with E-state index < -0.39 is 11.4 Å². The first-order chi connectivity index (χ1) is 12.6. The number of ether oxygens (including phenoxy) is 1. The fourth-order valence-corrected chi connectivity index (χ4v) is 3.14. The standard InChI is InChI=1S/C19H18Cl2N2O3/c20-14-6-7-16(15(12-14)17(24)13-4-2-1-3-5-13)22-19(25)18(21)23-8-10-26-11-9-23/h1-7,12,18H,8-11H2,(H,22,25). The Morgan fingerprint density at radius 1 is 1.08 bits per heavy atom. The summed E-state index contributed by atoms with van der Waals surface area (Å²) in [4.78, 5) is 27.2. The Bertz CT molecular complexity index is 793. The summed E-state index contributed by atoms with van der Waals surface area (Å²) in [6, 6.07) is 13.6. The molecule has 0 radical (unpaired) electrons. The smallest absolute Gasteiger partial charge is 0.257 e. The minimum atomic E-state index is -0.839. The third kappa shape index (κ3) is 4.43. The Kier molecular flexibility index (Phi) is 6.27. The highest BCUT2D eigenvalue weighted by Crippen LogP contribution is 2.24. The highest BCUT2D eigenvalue weighted by atomic mass is 35.5. The van der Waals surface area contributed by atoms with Gasteiger partial charge in [0.25, 0.3) is 5.91 Å². The van der Waals surface area contributed by atoms with Crippen LogP contribution in [0.4, 0.5) is 5.69 Å². The zero-order valence-corrected chi connectivity index (χ0v) is 15.5. The number of anilines is 1.